The van der Waals surface area contributed by atoms with Gasteiger partial charge < -0.3 is 4.57 Å². The SMILES string of the molecule is CC(C)c1cccc(C(C)C)c1-c1ccnc(-n2c3[c-]c([Si](C)(C)c4[c-]c(N5[OH+]N(c6ccccc6)c6ccccc65)ccc4)ccc3c3ccccc32)c1.[Pt]. The Balaban J connectivity index is 0.00000441. The van der Waals surface area contributed by atoms with Crippen molar-refractivity contribution in [2.45, 2.75) is 52.6 Å². The Hall–Kier alpha value is -5.26. The molecule has 0 fully saturated rings. The van der Waals surface area contributed by atoms with Crippen molar-refractivity contribution in [3.63, 3.8) is 0 Å². The van der Waals surface area contributed by atoms with E-state index < -0.39 is 8.07 Å². The fraction of sp³-hybridized carbons (Fsp3) is 0.163. The standard InChI is InChI=1S/C49H44N4OSi.Pt/c1-33(2)40-21-15-22-41(34(3)4)49(40)35-28-29-50-48(30-35)51-44-23-11-10-20-42(44)43-27-26-39(32-47(43)51)55(5,6)38-19-14-18-37(31-38)53-46-25-13-12-24-45(46)52(54-53)36-16-8-7-9-17-36;/h7-30,33-34H,1-6H3;/q-2;/p+1. The van der Waals surface area contributed by atoms with E-state index in [1.54, 1.807) is 0 Å². The number of aromatic nitrogens is 2. The number of hydrogen-bond acceptors (Lipinski definition) is 3. The number of fused-ring (bicyclic) bond motifs is 4. The van der Waals surface area contributed by atoms with Gasteiger partial charge in [-0.2, -0.15) is 51.7 Å². The Morgan fingerprint density at radius 1 is 0.607 bits per heavy atom. The smallest absolute Gasteiger partial charge is 0.148 e. The number of hydrogen-bond donors (Lipinski definition) is 0. The van der Waals surface area contributed by atoms with Gasteiger partial charge in [-0.3, -0.25) is 0 Å². The molecule has 1 aliphatic heterocycles. The number of rotatable bonds is 8. The van der Waals surface area contributed by atoms with Crippen molar-refractivity contribution >= 4 is 63.0 Å². The summed E-state index contributed by atoms with van der Waals surface area (Å²) in [4.78, 5) is 10.1. The van der Waals surface area contributed by atoms with Crippen molar-refractivity contribution in [2.24, 2.45) is 0 Å². The van der Waals surface area contributed by atoms with Crippen LogP contribution < -0.4 is 20.5 Å². The van der Waals surface area contributed by atoms with Crippen molar-refractivity contribution in [1.82, 2.24) is 9.55 Å². The van der Waals surface area contributed by atoms with Crippen LogP contribution in [0.3, 0.4) is 0 Å². The molecule has 0 spiro atoms. The van der Waals surface area contributed by atoms with Gasteiger partial charge in [0.15, 0.2) is 0 Å². The van der Waals surface area contributed by atoms with Gasteiger partial charge in [0.05, 0.1) is 8.07 Å². The average Bonchev–Trinajstić information content (AvgIpc) is 3.77. The van der Waals surface area contributed by atoms with Crippen LogP contribution >= 0.6 is 0 Å². The van der Waals surface area contributed by atoms with Gasteiger partial charge in [-0.1, -0.05) is 118 Å². The monoisotopic (exact) mass is 928 g/mol. The summed E-state index contributed by atoms with van der Waals surface area (Å²) < 4.78 is 2.31. The summed E-state index contributed by atoms with van der Waals surface area (Å²) in [5.41, 5.74) is 11.4. The number of nitrogens with zero attached hydrogens (tertiary/aromatic N) is 4. The van der Waals surface area contributed by atoms with Crippen LogP contribution in [0.1, 0.15) is 50.7 Å². The number of para-hydroxylation sites is 4. The minimum absolute atomic E-state index is 0. The Morgan fingerprint density at radius 3 is 1.98 bits per heavy atom. The summed E-state index contributed by atoms with van der Waals surface area (Å²) in [7, 11) is -2.33. The molecule has 0 amide bonds. The molecule has 3 heterocycles. The molecule has 0 saturated carbocycles. The largest absolute Gasteiger partial charge is 0.319 e. The van der Waals surface area contributed by atoms with E-state index in [1.807, 2.05) is 34.5 Å². The summed E-state index contributed by atoms with van der Waals surface area (Å²) in [6, 6.07) is 57.4. The fourth-order valence-electron chi connectivity index (χ4n) is 8.11. The van der Waals surface area contributed by atoms with Crippen molar-refractivity contribution < 1.29 is 26.0 Å². The van der Waals surface area contributed by atoms with E-state index in [0.717, 1.165) is 39.6 Å². The van der Waals surface area contributed by atoms with Crippen LogP contribution in [0.25, 0.3) is 38.8 Å². The maximum atomic E-state index is 5.09. The molecule has 0 aliphatic carbocycles. The number of pyridine rings is 1. The second kappa shape index (κ2) is 15.0. The van der Waals surface area contributed by atoms with E-state index in [1.165, 1.54) is 43.4 Å². The molecular formula is C49H45N4OPtSi-. The minimum atomic E-state index is -2.33. The molecule has 0 bridgehead atoms. The predicted molar refractivity (Wildman–Crippen MR) is 232 cm³/mol. The minimum Gasteiger partial charge on any atom is -0.319 e. The Morgan fingerprint density at radius 2 is 1.25 bits per heavy atom. The van der Waals surface area contributed by atoms with Gasteiger partial charge >= 0.3 is 0 Å². The Labute approximate surface area is 345 Å². The molecule has 56 heavy (non-hydrogen) atoms. The molecule has 1 aliphatic rings. The Bertz CT molecular complexity index is 2680. The first-order valence-electron chi connectivity index (χ1n) is 19.2. The summed E-state index contributed by atoms with van der Waals surface area (Å²) in [5, 5.41) is 8.80. The second-order valence-electron chi connectivity index (χ2n) is 15.6. The molecule has 6 aromatic carbocycles. The molecular weight excluding hydrogens is 884 g/mol. The molecule has 2 aromatic heterocycles. The third kappa shape index (κ3) is 6.40. The van der Waals surface area contributed by atoms with E-state index >= 15 is 0 Å². The summed E-state index contributed by atoms with van der Waals surface area (Å²) in [5.74, 6) is 1.69. The van der Waals surface area contributed by atoms with Gasteiger partial charge in [-0.05, 0) is 81.9 Å². The molecule has 0 radical (unpaired) electrons. The van der Waals surface area contributed by atoms with Crippen LogP contribution in [-0.4, -0.2) is 22.6 Å². The van der Waals surface area contributed by atoms with E-state index in [0.29, 0.717) is 11.8 Å². The summed E-state index contributed by atoms with van der Waals surface area (Å²) in [6.45, 7) is 13.9. The van der Waals surface area contributed by atoms with Crippen molar-refractivity contribution in [1.29, 1.82) is 0 Å². The third-order valence-electron chi connectivity index (χ3n) is 11.1. The Kier molecular flexibility index (Phi) is 10.1. The van der Waals surface area contributed by atoms with Gasteiger partial charge in [0.1, 0.15) is 22.9 Å². The zero-order valence-corrected chi connectivity index (χ0v) is 35.8. The molecule has 5 nitrogen and oxygen atoms in total. The second-order valence-corrected chi connectivity index (χ2v) is 19.9. The van der Waals surface area contributed by atoms with Crippen LogP contribution in [0, 0.1) is 12.1 Å². The maximum absolute atomic E-state index is 5.09. The van der Waals surface area contributed by atoms with Gasteiger partial charge in [0.25, 0.3) is 0 Å². The van der Waals surface area contributed by atoms with E-state index in [-0.39, 0.29) is 21.1 Å². The number of benzene rings is 6. The fourth-order valence-corrected chi connectivity index (χ4v) is 10.3. The van der Waals surface area contributed by atoms with Crippen molar-refractivity contribution in [2.75, 3.05) is 10.1 Å². The van der Waals surface area contributed by atoms with Gasteiger partial charge in [-0.25, -0.2) is 4.98 Å². The quantitative estimate of drug-likeness (QED) is 0.0866. The first-order chi connectivity index (χ1) is 26.7. The van der Waals surface area contributed by atoms with Crippen LogP contribution in [0.15, 0.2) is 146 Å². The van der Waals surface area contributed by atoms with Crippen LogP contribution in [0.4, 0.5) is 22.7 Å². The molecule has 9 rings (SSSR count). The van der Waals surface area contributed by atoms with Gasteiger partial charge in [0.2, 0.25) is 0 Å². The summed E-state index contributed by atoms with van der Waals surface area (Å²) >= 11 is 0. The maximum Gasteiger partial charge on any atom is 0.148 e. The molecule has 282 valence electrons. The van der Waals surface area contributed by atoms with E-state index in [2.05, 4.69) is 179 Å². The van der Waals surface area contributed by atoms with Crippen molar-refractivity contribution in [3.8, 4) is 16.9 Å². The van der Waals surface area contributed by atoms with E-state index in [4.69, 9.17) is 9.92 Å². The summed E-state index contributed by atoms with van der Waals surface area (Å²) in [6.07, 6.45) is 1.97. The first kappa shape index (κ1) is 37.6. The molecule has 0 unspecified atom stereocenters. The normalized spacial score (nSPS) is 12.9. The van der Waals surface area contributed by atoms with Crippen LogP contribution in [0.2, 0.25) is 13.1 Å². The number of anilines is 4. The average molecular weight is 929 g/mol. The third-order valence-corrected chi connectivity index (χ3v) is 14.4. The molecule has 0 atom stereocenters. The molecule has 0 saturated heterocycles. The van der Waals surface area contributed by atoms with E-state index in [9.17, 15) is 0 Å². The molecule has 1 N–H and O–H groups in total. The zero-order chi connectivity index (χ0) is 37.8. The van der Waals surface area contributed by atoms with Gasteiger partial charge in [-0.15, -0.1) is 16.5 Å². The van der Waals surface area contributed by atoms with Crippen LogP contribution in [-0.2, 0) is 21.1 Å². The van der Waals surface area contributed by atoms with Crippen LogP contribution in [0.5, 0.6) is 0 Å². The first-order valence-corrected chi connectivity index (χ1v) is 22.2. The topological polar surface area (TPSA) is 37.1 Å². The predicted octanol–water partition coefficient (Wildman–Crippen LogP) is 11.6. The van der Waals surface area contributed by atoms with Gasteiger partial charge in [0, 0.05) is 38.5 Å². The molecule has 7 heteroatoms. The van der Waals surface area contributed by atoms with Crippen molar-refractivity contribution in [3.05, 3.63) is 169 Å². The zero-order valence-electron chi connectivity index (χ0n) is 32.6. The molecule has 8 aromatic rings.